The number of methoxy groups -OCH3 is 1. The Morgan fingerprint density at radius 3 is 2.68 bits per heavy atom. The molecule has 104 valence electrons. The quantitative estimate of drug-likeness (QED) is 0.782. The van der Waals surface area contributed by atoms with Crippen LogP contribution in [0.2, 0.25) is 0 Å². The predicted molar refractivity (Wildman–Crippen MR) is 69.0 cm³/mol. The van der Waals surface area contributed by atoms with Gasteiger partial charge in [0.05, 0.1) is 12.7 Å². The standard InChI is InChI=1S/C13H18N2O4/c1-4-7-14-12(16)9(2)19-13(17)10-5-6-11(18-3)15-8-10/h5-6,8-9H,4,7H2,1-3H3,(H,14,16)/t9-/m0/s1. The van der Waals surface area contributed by atoms with Crippen LogP contribution in [0, 0.1) is 0 Å². The third-order valence-corrected chi connectivity index (χ3v) is 2.38. The van der Waals surface area contributed by atoms with Gasteiger partial charge in [-0.3, -0.25) is 4.79 Å². The summed E-state index contributed by atoms with van der Waals surface area (Å²) in [5, 5.41) is 2.66. The molecule has 0 spiro atoms. The molecule has 0 fully saturated rings. The minimum atomic E-state index is -0.832. The molecule has 0 unspecified atom stereocenters. The molecule has 0 bridgehead atoms. The molecule has 0 aliphatic carbocycles. The topological polar surface area (TPSA) is 77.5 Å². The fourth-order valence-corrected chi connectivity index (χ4v) is 1.30. The average molecular weight is 266 g/mol. The molecule has 0 aliphatic heterocycles. The van der Waals surface area contributed by atoms with Gasteiger partial charge < -0.3 is 14.8 Å². The van der Waals surface area contributed by atoms with Crippen molar-refractivity contribution in [3.8, 4) is 5.88 Å². The van der Waals surface area contributed by atoms with Gasteiger partial charge in [0.1, 0.15) is 0 Å². The monoisotopic (exact) mass is 266 g/mol. The number of nitrogens with one attached hydrogen (secondary N) is 1. The molecule has 6 nitrogen and oxygen atoms in total. The first-order valence-corrected chi connectivity index (χ1v) is 6.07. The summed E-state index contributed by atoms with van der Waals surface area (Å²) >= 11 is 0. The van der Waals surface area contributed by atoms with E-state index in [1.54, 1.807) is 6.07 Å². The maximum absolute atomic E-state index is 11.7. The highest BCUT2D eigenvalue weighted by atomic mass is 16.5. The van der Waals surface area contributed by atoms with Crippen LogP contribution in [0.15, 0.2) is 18.3 Å². The lowest BCUT2D eigenvalue weighted by Crippen LogP contribution is -2.36. The number of nitrogens with zero attached hydrogens (tertiary/aromatic N) is 1. The van der Waals surface area contributed by atoms with E-state index in [-0.39, 0.29) is 11.5 Å². The molecule has 1 atom stereocenters. The summed E-state index contributed by atoms with van der Waals surface area (Å²) in [4.78, 5) is 27.2. The predicted octanol–water partition coefficient (Wildman–Crippen LogP) is 1.16. The maximum Gasteiger partial charge on any atom is 0.340 e. The first kappa shape index (κ1) is 14.9. The fraction of sp³-hybridized carbons (Fsp3) is 0.462. The van der Waals surface area contributed by atoms with Gasteiger partial charge in [0.15, 0.2) is 6.10 Å². The van der Waals surface area contributed by atoms with Crippen molar-refractivity contribution in [1.82, 2.24) is 10.3 Å². The largest absolute Gasteiger partial charge is 0.481 e. The van der Waals surface area contributed by atoms with Gasteiger partial charge in [-0.15, -0.1) is 0 Å². The highest BCUT2D eigenvalue weighted by Crippen LogP contribution is 2.08. The normalized spacial score (nSPS) is 11.5. The number of carbonyl (C=O) groups excluding carboxylic acids is 2. The molecule has 1 heterocycles. The zero-order chi connectivity index (χ0) is 14.3. The molecule has 19 heavy (non-hydrogen) atoms. The van der Waals surface area contributed by atoms with Gasteiger partial charge in [-0.1, -0.05) is 6.92 Å². The van der Waals surface area contributed by atoms with Crippen LogP contribution in [0.25, 0.3) is 0 Å². The van der Waals surface area contributed by atoms with Crippen molar-refractivity contribution < 1.29 is 19.1 Å². The number of amides is 1. The van der Waals surface area contributed by atoms with Gasteiger partial charge in [-0.2, -0.15) is 0 Å². The molecular weight excluding hydrogens is 248 g/mol. The minimum Gasteiger partial charge on any atom is -0.481 e. The van der Waals surface area contributed by atoms with Crippen LogP contribution >= 0.6 is 0 Å². The van der Waals surface area contributed by atoms with Crippen molar-refractivity contribution >= 4 is 11.9 Å². The second kappa shape index (κ2) is 7.35. The van der Waals surface area contributed by atoms with Crippen molar-refractivity contribution in [2.45, 2.75) is 26.4 Å². The summed E-state index contributed by atoms with van der Waals surface area (Å²) in [5.41, 5.74) is 0.274. The number of aromatic nitrogens is 1. The Labute approximate surface area is 112 Å². The van der Waals surface area contributed by atoms with Crippen LogP contribution in [0.3, 0.4) is 0 Å². The Hall–Kier alpha value is -2.11. The lowest BCUT2D eigenvalue weighted by Gasteiger charge is -2.13. The van der Waals surface area contributed by atoms with Crippen molar-refractivity contribution in [3.05, 3.63) is 23.9 Å². The molecule has 0 aromatic carbocycles. The zero-order valence-corrected chi connectivity index (χ0v) is 11.3. The van der Waals surface area contributed by atoms with Crippen molar-refractivity contribution in [3.63, 3.8) is 0 Å². The van der Waals surface area contributed by atoms with Crippen molar-refractivity contribution in [2.75, 3.05) is 13.7 Å². The average Bonchev–Trinajstić information content (AvgIpc) is 2.44. The van der Waals surface area contributed by atoms with Crippen LogP contribution in [0.1, 0.15) is 30.6 Å². The number of ether oxygens (including phenoxy) is 2. The molecule has 0 radical (unpaired) electrons. The maximum atomic E-state index is 11.7. The Balaban J connectivity index is 2.55. The van der Waals surface area contributed by atoms with Crippen molar-refractivity contribution in [1.29, 1.82) is 0 Å². The molecule has 0 saturated heterocycles. The molecular formula is C13H18N2O4. The van der Waals surface area contributed by atoms with Gasteiger partial charge in [0.25, 0.3) is 5.91 Å². The van der Waals surface area contributed by atoms with E-state index in [0.29, 0.717) is 12.4 Å². The van der Waals surface area contributed by atoms with Gasteiger partial charge in [-0.05, 0) is 19.4 Å². The van der Waals surface area contributed by atoms with Gasteiger partial charge in [0, 0.05) is 18.8 Å². The minimum absolute atomic E-state index is 0.274. The van der Waals surface area contributed by atoms with Crippen molar-refractivity contribution in [2.24, 2.45) is 0 Å². The molecule has 0 saturated carbocycles. The van der Waals surface area contributed by atoms with E-state index in [1.807, 2.05) is 6.92 Å². The van der Waals surface area contributed by atoms with E-state index in [2.05, 4.69) is 10.3 Å². The van der Waals surface area contributed by atoms with Crippen LogP contribution in [0.5, 0.6) is 5.88 Å². The first-order chi connectivity index (χ1) is 9.08. The summed E-state index contributed by atoms with van der Waals surface area (Å²) in [6.07, 6.45) is 1.34. The van der Waals surface area contributed by atoms with E-state index < -0.39 is 12.1 Å². The van der Waals surface area contributed by atoms with E-state index in [1.165, 1.54) is 26.3 Å². The van der Waals surface area contributed by atoms with E-state index in [9.17, 15) is 9.59 Å². The second-order valence-corrected chi connectivity index (χ2v) is 3.93. The molecule has 1 amide bonds. The lowest BCUT2D eigenvalue weighted by molar-refractivity contribution is -0.129. The Kier molecular flexibility index (Phi) is 5.78. The third kappa shape index (κ3) is 4.57. The Morgan fingerprint density at radius 2 is 2.16 bits per heavy atom. The molecule has 1 aromatic rings. The highest BCUT2D eigenvalue weighted by molar-refractivity contribution is 5.91. The summed E-state index contributed by atoms with van der Waals surface area (Å²) in [6, 6.07) is 3.09. The smallest absolute Gasteiger partial charge is 0.340 e. The first-order valence-electron chi connectivity index (χ1n) is 6.07. The van der Waals surface area contributed by atoms with Crippen LogP contribution in [0.4, 0.5) is 0 Å². The summed E-state index contributed by atoms with van der Waals surface area (Å²) in [7, 11) is 1.49. The van der Waals surface area contributed by atoms with Gasteiger partial charge >= 0.3 is 5.97 Å². The molecule has 1 aromatic heterocycles. The summed E-state index contributed by atoms with van der Waals surface area (Å²) in [6.45, 7) is 4.03. The second-order valence-electron chi connectivity index (χ2n) is 3.93. The van der Waals surface area contributed by atoms with E-state index in [4.69, 9.17) is 9.47 Å². The fourth-order valence-electron chi connectivity index (χ4n) is 1.30. The summed E-state index contributed by atoms with van der Waals surface area (Å²) < 4.78 is 9.92. The number of hydrogen-bond donors (Lipinski definition) is 1. The zero-order valence-electron chi connectivity index (χ0n) is 11.3. The molecule has 0 aliphatic rings. The lowest BCUT2D eigenvalue weighted by atomic mass is 10.3. The summed E-state index contributed by atoms with van der Waals surface area (Å²) in [5.74, 6) is -0.490. The highest BCUT2D eigenvalue weighted by Gasteiger charge is 2.18. The Bertz CT molecular complexity index is 431. The van der Waals surface area contributed by atoms with Crippen LogP contribution in [-0.2, 0) is 9.53 Å². The van der Waals surface area contributed by atoms with Gasteiger partial charge in [0.2, 0.25) is 5.88 Å². The molecule has 1 N–H and O–H groups in total. The number of pyridine rings is 1. The van der Waals surface area contributed by atoms with Crippen LogP contribution in [-0.4, -0.2) is 36.6 Å². The molecule has 6 heteroatoms. The SMILES string of the molecule is CCCNC(=O)[C@H](C)OC(=O)c1ccc(OC)nc1. The number of rotatable bonds is 6. The third-order valence-electron chi connectivity index (χ3n) is 2.38. The van der Waals surface area contributed by atoms with Gasteiger partial charge in [-0.25, -0.2) is 9.78 Å². The number of esters is 1. The molecule has 1 rings (SSSR count). The van der Waals surface area contributed by atoms with E-state index in [0.717, 1.165) is 6.42 Å². The Morgan fingerprint density at radius 1 is 1.42 bits per heavy atom. The van der Waals surface area contributed by atoms with Crippen LogP contribution < -0.4 is 10.1 Å². The number of carbonyl (C=O) groups is 2. The number of hydrogen-bond acceptors (Lipinski definition) is 5. The van der Waals surface area contributed by atoms with E-state index >= 15 is 0 Å².